The predicted octanol–water partition coefficient (Wildman–Crippen LogP) is 4.33. The Morgan fingerprint density at radius 2 is 1.90 bits per heavy atom. The zero-order valence-corrected chi connectivity index (χ0v) is 18.2. The van der Waals surface area contributed by atoms with Crippen molar-refractivity contribution in [2.75, 3.05) is 10.8 Å². The first kappa shape index (κ1) is 23.3. The van der Waals surface area contributed by atoms with Crippen LogP contribution < -0.4 is 22.0 Å². The SMILES string of the molecule is C=C/C=C(Cl)\C(=C/C)NC(=O)CS/C(=N/N)N(N)c1ccccc1-c1ccccc1. The van der Waals surface area contributed by atoms with Crippen LogP contribution in [-0.4, -0.2) is 16.8 Å². The lowest BCUT2D eigenvalue weighted by Gasteiger charge is -2.22. The fourth-order valence-electron chi connectivity index (χ4n) is 2.60. The number of nitrogens with one attached hydrogen (secondary N) is 1. The number of benzene rings is 2. The minimum Gasteiger partial charge on any atom is -0.324 e. The van der Waals surface area contributed by atoms with Crippen LogP contribution in [0, 0.1) is 0 Å². The summed E-state index contributed by atoms with van der Waals surface area (Å²) in [6, 6.07) is 17.5. The molecule has 2 aromatic carbocycles. The molecule has 30 heavy (non-hydrogen) atoms. The Bertz CT molecular complexity index is 973. The summed E-state index contributed by atoms with van der Waals surface area (Å²) in [6.07, 6.45) is 4.84. The quantitative estimate of drug-likeness (QED) is 0.195. The highest BCUT2D eigenvalue weighted by Crippen LogP contribution is 2.30. The Hall–Kier alpha value is -3.00. The number of carbonyl (C=O) groups is 1. The molecule has 0 aliphatic rings. The molecule has 8 heteroatoms. The van der Waals surface area contributed by atoms with Crippen LogP contribution in [0.25, 0.3) is 11.1 Å². The summed E-state index contributed by atoms with van der Waals surface area (Å²) in [5.74, 6) is 11.6. The van der Waals surface area contributed by atoms with Crippen LogP contribution in [0.1, 0.15) is 6.92 Å². The molecule has 5 N–H and O–H groups in total. The summed E-state index contributed by atoms with van der Waals surface area (Å²) in [5.41, 5.74) is 3.13. The van der Waals surface area contributed by atoms with Gasteiger partial charge in [0.15, 0.2) is 0 Å². The van der Waals surface area contributed by atoms with E-state index >= 15 is 0 Å². The second kappa shape index (κ2) is 11.9. The van der Waals surface area contributed by atoms with Crippen molar-refractivity contribution >= 4 is 40.1 Å². The van der Waals surface area contributed by atoms with E-state index in [0.717, 1.165) is 22.9 Å². The van der Waals surface area contributed by atoms with Crippen molar-refractivity contribution in [3.05, 3.63) is 90.1 Å². The molecule has 0 heterocycles. The van der Waals surface area contributed by atoms with Crippen LogP contribution >= 0.6 is 23.4 Å². The molecule has 156 valence electrons. The van der Waals surface area contributed by atoms with Gasteiger partial charge in [-0.3, -0.25) is 9.80 Å². The Morgan fingerprint density at radius 1 is 1.23 bits per heavy atom. The van der Waals surface area contributed by atoms with Gasteiger partial charge >= 0.3 is 0 Å². The second-order valence-corrected chi connectivity index (χ2v) is 7.30. The number of halogens is 1. The molecule has 0 unspecified atom stereocenters. The smallest absolute Gasteiger partial charge is 0.234 e. The summed E-state index contributed by atoms with van der Waals surface area (Å²) in [7, 11) is 0. The van der Waals surface area contributed by atoms with Crippen LogP contribution in [0.2, 0.25) is 0 Å². The number of anilines is 1. The number of amidine groups is 1. The number of thioether (sulfide) groups is 1. The molecule has 0 saturated heterocycles. The molecule has 0 radical (unpaired) electrons. The molecule has 0 bridgehead atoms. The maximum absolute atomic E-state index is 12.3. The largest absolute Gasteiger partial charge is 0.324 e. The highest BCUT2D eigenvalue weighted by molar-refractivity contribution is 8.14. The highest BCUT2D eigenvalue weighted by Gasteiger charge is 2.17. The number of hydrazine groups is 1. The molecule has 0 fully saturated rings. The van der Waals surface area contributed by atoms with Crippen LogP contribution in [-0.2, 0) is 4.79 Å². The van der Waals surface area contributed by atoms with E-state index in [1.54, 1.807) is 25.2 Å². The van der Waals surface area contributed by atoms with E-state index in [2.05, 4.69) is 17.0 Å². The van der Waals surface area contributed by atoms with Gasteiger partial charge in [-0.25, -0.2) is 5.84 Å². The van der Waals surface area contributed by atoms with Gasteiger partial charge in [0.1, 0.15) is 0 Å². The van der Waals surface area contributed by atoms with Crippen LogP contribution in [0.15, 0.2) is 95.2 Å². The molecule has 2 aromatic rings. The number of allylic oxidation sites excluding steroid dienone is 4. The highest BCUT2D eigenvalue weighted by atomic mass is 35.5. The normalized spacial score (nSPS) is 12.4. The standard InChI is InChI=1S/C22H24ClN5OS/c1-3-10-18(23)19(4-2)26-21(29)15-30-22(27-24)28(25)20-14-9-8-13-17(20)16-11-6-5-7-12-16/h3-14H,1,15,24-25H2,2H3,(H,26,29)/b18-10+,19-4+,27-22+. The lowest BCUT2D eigenvalue weighted by atomic mass is 10.0. The van der Waals surface area contributed by atoms with Crippen molar-refractivity contribution in [3.8, 4) is 11.1 Å². The number of hydrogen-bond acceptors (Lipinski definition) is 5. The van der Waals surface area contributed by atoms with Gasteiger partial charge in [0.05, 0.1) is 22.2 Å². The fourth-order valence-corrected chi connectivity index (χ4v) is 3.49. The van der Waals surface area contributed by atoms with E-state index in [1.807, 2.05) is 54.6 Å². The van der Waals surface area contributed by atoms with Crippen molar-refractivity contribution in [2.45, 2.75) is 6.92 Å². The second-order valence-electron chi connectivity index (χ2n) is 5.95. The molecule has 0 aliphatic heterocycles. The van der Waals surface area contributed by atoms with Gasteiger partial charge in [-0.05, 0) is 24.6 Å². The minimum absolute atomic E-state index is 0.0484. The molecule has 0 saturated carbocycles. The fraction of sp³-hybridized carbons (Fsp3) is 0.0909. The Labute approximate surface area is 185 Å². The van der Waals surface area contributed by atoms with Gasteiger partial charge in [0, 0.05) is 5.56 Å². The number of rotatable bonds is 7. The molecule has 1 amide bonds. The third-order valence-corrected chi connectivity index (χ3v) is 5.28. The Balaban J connectivity index is 2.12. The molecule has 6 nitrogen and oxygen atoms in total. The zero-order chi connectivity index (χ0) is 21.9. The summed E-state index contributed by atoms with van der Waals surface area (Å²) in [6.45, 7) is 5.37. The molecular formula is C22H24ClN5OS. The van der Waals surface area contributed by atoms with Crippen LogP contribution in [0.5, 0.6) is 0 Å². The summed E-state index contributed by atoms with van der Waals surface area (Å²) in [5, 5.41) is 8.57. The Kier molecular flexibility index (Phi) is 9.21. The van der Waals surface area contributed by atoms with E-state index in [9.17, 15) is 4.79 Å². The molecule has 0 atom stereocenters. The molecule has 0 aliphatic carbocycles. The number of hydrogen-bond donors (Lipinski definition) is 3. The van der Waals surface area contributed by atoms with E-state index in [0.29, 0.717) is 21.6 Å². The first-order valence-corrected chi connectivity index (χ1v) is 10.4. The molecule has 0 spiro atoms. The van der Waals surface area contributed by atoms with Crippen LogP contribution in [0.4, 0.5) is 5.69 Å². The van der Waals surface area contributed by atoms with Gasteiger partial charge in [-0.2, -0.15) is 5.10 Å². The molecule has 0 aromatic heterocycles. The third-order valence-electron chi connectivity index (χ3n) is 3.98. The van der Waals surface area contributed by atoms with E-state index in [-0.39, 0.29) is 11.7 Å². The zero-order valence-electron chi connectivity index (χ0n) is 16.6. The van der Waals surface area contributed by atoms with Gasteiger partial charge in [0.25, 0.3) is 0 Å². The number of carbonyl (C=O) groups excluding carboxylic acids is 1. The number of nitrogens with zero attached hydrogens (tertiary/aromatic N) is 2. The number of hydrazone groups is 1. The molecular weight excluding hydrogens is 418 g/mol. The third kappa shape index (κ3) is 6.25. The number of nitrogens with two attached hydrogens (primary N) is 2. The lowest BCUT2D eigenvalue weighted by molar-refractivity contribution is -0.117. The first-order valence-electron chi connectivity index (χ1n) is 9.06. The molecule has 2 rings (SSSR count). The maximum atomic E-state index is 12.3. The predicted molar refractivity (Wildman–Crippen MR) is 129 cm³/mol. The lowest BCUT2D eigenvalue weighted by Crippen LogP contribution is -2.38. The van der Waals surface area contributed by atoms with Gasteiger partial charge in [-0.1, -0.05) is 90.6 Å². The average Bonchev–Trinajstić information content (AvgIpc) is 2.78. The Morgan fingerprint density at radius 3 is 2.53 bits per heavy atom. The number of amides is 1. The first-order chi connectivity index (χ1) is 14.5. The van der Waals surface area contributed by atoms with E-state index < -0.39 is 0 Å². The summed E-state index contributed by atoms with van der Waals surface area (Å²) in [4.78, 5) is 12.3. The van der Waals surface area contributed by atoms with Gasteiger partial charge < -0.3 is 11.2 Å². The average molecular weight is 442 g/mol. The van der Waals surface area contributed by atoms with Crippen molar-refractivity contribution in [3.63, 3.8) is 0 Å². The minimum atomic E-state index is -0.269. The van der Waals surface area contributed by atoms with Crippen molar-refractivity contribution in [1.29, 1.82) is 0 Å². The summed E-state index contributed by atoms with van der Waals surface area (Å²) >= 11 is 7.23. The van der Waals surface area contributed by atoms with Crippen molar-refractivity contribution in [1.82, 2.24) is 5.32 Å². The van der Waals surface area contributed by atoms with Gasteiger partial charge in [-0.15, -0.1) is 0 Å². The monoisotopic (exact) mass is 441 g/mol. The van der Waals surface area contributed by atoms with Crippen molar-refractivity contribution in [2.24, 2.45) is 16.8 Å². The van der Waals surface area contributed by atoms with Gasteiger partial charge in [0.2, 0.25) is 11.1 Å². The van der Waals surface area contributed by atoms with E-state index in [4.69, 9.17) is 23.3 Å². The van der Waals surface area contributed by atoms with Crippen LogP contribution in [0.3, 0.4) is 0 Å². The van der Waals surface area contributed by atoms with Crippen molar-refractivity contribution < 1.29 is 4.79 Å². The number of para-hydroxylation sites is 1. The topological polar surface area (TPSA) is 96.7 Å². The maximum Gasteiger partial charge on any atom is 0.234 e. The summed E-state index contributed by atoms with van der Waals surface area (Å²) < 4.78 is 0. The van der Waals surface area contributed by atoms with E-state index in [1.165, 1.54) is 5.01 Å².